The second-order valence-corrected chi connectivity index (χ2v) is 5.04. The molecule has 0 aromatic heterocycles. The van der Waals surface area contributed by atoms with Gasteiger partial charge in [0.25, 0.3) is 6.29 Å². The Kier molecular flexibility index (Phi) is 4.98. The number of methoxy groups -OCH3 is 1. The summed E-state index contributed by atoms with van der Waals surface area (Å²) in [5.41, 5.74) is 2.23. The number of aliphatic hydroxyl groups is 1. The molecule has 5 heteroatoms. The Morgan fingerprint density at radius 1 is 1.50 bits per heavy atom. The number of carbonyl (C=O) groups is 1. The van der Waals surface area contributed by atoms with E-state index in [9.17, 15) is 4.79 Å². The molecule has 0 amide bonds. The van der Waals surface area contributed by atoms with Crippen LogP contribution < -0.4 is 4.74 Å². The van der Waals surface area contributed by atoms with E-state index in [4.69, 9.17) is 19.7 Å². The Morgan fingerprint density at radius 2 is 2.30 bits per heavy atom. The molecular formula is C15H20O5. The highest BCUT2D eigenvalue weighted by atomic mass is 16.7. The van der Waals surface area contributed by atoms with Gasteiger partial charge in [-0.15, -0.1) is 0 Å². The van der Waals surface area contributed by atoms with Crippen LogP contribution in [0.15, 0.2) is 18.2 Å². The van der Waals surface area contributed by atoms with Gasteiger partial charge in [0.05, 0.1) is 0 Å². The minimum atomic E-state index is -1.28. The van der Waals surface area contributed by atoms with Crippen LogP contribution in [0.5, 0.6) is 5.75 Å². The van der Waals surface area contributed by atoms with E-state index in [1.54, 1.807) is 6.07 Å². The van der Waals surface area contributed by atoms with E-state index in [1.807, 2.05) is 12.1 Å². The van der Waals surface area contributed by atoms with Crippen molar-refractivity contribution in [3.63, 3.8) is 0 Å². The normalized spacial score (nSPS) is 19.2. The lowest BCUT2D eigenvalue weighted by Gasteiger charge is -2.26. The number of hydrogen-bond donors (Lipinski definition) is 2. The van der Waals surface area contributed by atoms with Crippen LogP contribution in [-0.2, 0) is 22.4 Å². The fraction of sp³-hybridized carbons (Fsp3) is 0.533. The first kappa shape index (κ1) is 14.8. The monoisotopic (exact) mass is 280 g/mol. The summed E-state index contributed by atoms with van der Waals surface area (Å²) in [6, 6.07) is 5.68. The molecule has 1 aromatic carbocycles. The zero-order chi connectivity index (χ0) is 14.5. The smallest absolute Gasteiger partial charge is 0.373 e. The Balaban J connectivity index is 2.17. The molecule has 1 aliphatic carbocycles. The standard InChI is InChI=1S/C15H20O5/c1-19-15(14(17)18)20-13-4-2-3-11-9-10(7-8-16)5-6-12(11)13/h2-4,10,15-16H,5-9H2,1H3,(H,17,18). The summed E-state index contributed by atoms with van der Waals surface area (Å²) in [5.74, 6) is -0.0706. The molecule has 2 rings (SSSR count). The Bertz CT molecular complexity index is 471. The third-order valence-electron chi connectivity index (χ3n) is 3.73. The lowest BCUT2D eigenvalue weighted by Crippen LogP contribution is -2.29. The van der Waals surface area contributed by atoms with Gasteiger partial charge in [0.2, 0.25) is 0 Å². The van der Waals surface area contributed by atoms with Crippen molar-refractivity contribution in [1.82, 2.24) is 0 Å². The summed E-state index contributed by atoms with van der Waals surface area (Å²) in [6.07, 6.45) is 2.25. The summed E-state index contributed by atoms with van der Waals surface area (Å²) in [4.78, 5) is 11.0. The van der Waals surface area contributed by atoms with Crippen molar-refractivity contribution in [3.8, 4) is 5.75 Å². The molecule has 5 nitrogen and oxygen atoms in total. The van der Waals surface area contributed by atoms with Crippen LogP contribution in [0, 0.1) is 5.92 Å². The first-order valence-electron chi connectivity index (χ1n) is 6.79. The van der Waals surface area contributed by atoms with E-state index >= 15 is 0 Å². The van der Waals surface area contributed by atoms with Crippen molar-refractivity contribution >= 4 is 5.97 Å². The third kappa shape index (κ3) is 3.29. The second kappa shape index (κ2) is 6.72. The van der Waals surface area contributed by atoms with E-state index in [0.717, 1.165) is 31.2 Å². The lowest BCUT2D eigenvalue weighted by atomic mass is 9.82. The molecule has 0 saturated carbocycles. The van der Waals surface area contributed by atoms with Gasteiger partial charge in [-0.2, -0.15) is 0 Å². The number of ether oxygens (including phenoxy) is 2. The number of fused-ring (bicyclic) bond motifs is 1. The molecule has 0 aliphatic heterocycles. The van der Waals surface area contributed by atoms with Gasteiger partial charge in [-0.05, 0) is 48.8 Å². The lowest BCUT2D eigenvalue weighted by molar-refractivity contribution is -0.166. The van der Waals surface area contributed by atoms with Gasteiger partial charge in [-0.25, -0.2) is 4.79 Å². The minimum Gasteiger partial charge on any atom is -0.477 e. The zero-order valence-corrected chi connectivity index (χ0v) is 11.5. The summed E-state index contributed by atoms with van der Waals surface area (Å²) < 4.78 is 10.3. The van der Waals surface area contributed by atoms with Crippen molar-refractivity contribution in [2.45, 2.75) is 32.0 Å². The molecule has 0 spiro atoms. The number of carboxylic acids is 1. The van der Waals surface area contributed by atoms with E-state index in [-0.39, 0.29) is 6.61 Å². The van der Waals surface area contributed by atoms with Crippen molar-refractivity contribution in [2.24, 2.45) is 5.92 Å². The van der Waals surface area contributed by atoms with Crippen molar-refractivity contribution < 1.29 is 24.5 Å². The summed E-state index contributed by atoms with van der Waals surface area (Å²) in [5, 5.41) is 18.0. The number of rotatable bonds is 6. The highest BCUT2D eigenvalue weighted by molar-refractivity contribution is 5.71. The maximum atomic E-state index is 11.0. The maximum Gasteiger partial charge on any atom is 0.373 e. The Labute approximate surface area is 118 Å². The van der Waals surface area contributed by atoms with Gasteiger partial charge in [0.15, 0.2) is 0 Å². The van der Waals surface area contributed by atoms with Crippen LogP contribution in [0.2, 0.25) is 0 Å². The molecule has 2 N–H and O–H groups in total. The van der Waals surface area contributed by atoms with Gasteiger partial charge >= 0.3 is 5.97 Å². The van der Waals surface area contributed by atoms with Crippen LogP contribution in [-0.4, -0.2) is 36.2 Å². The SMILES string of the molecule is COC(Oc1cccc2c1CCC(CCO)C2)C(=O)O. The van der Waals surface area contributed by atoms with E-state index in [0.29, 0.717) is 11.7 Å². The van der Waals surface area contributed by atoms with Crippen molar-refractivity contribution in [3.05, 3.63) is 29.3 Å². The molecule has 0 fully saturated rings. The average molecular weight is 280 g/mol. The van der Waals surface area contributed by atoms with Crippen molar-refractivity contribution in [2.75, 3.05) is 13.7 Å². The molecule has 20 heavy (non-hydrogen) atoms. The number of benzene rings is 1. The molecule has 110 valence electrons. The summed E-state index contributed by atoms with van der Waals surface area (Å²) >= 11 is 0. The molecule has 1 aliphatic rings. The third-order valence-corrected chi connectivity index (χ3v) is 3.73. The predicted molar refractivity (Wildman–Crippen MR) is 72.7 cm³/mol. The van der Waals surface area contributed by atoms with E-state index in [2.05, 4.69) is 0 Å². The Morgan fingerprint density at radius 3 is 2.95 bits per heavy atom. The molecule has 2 unspecified atom stereocenters. The summed E-state index contributed by atoms with van der Waals surface area (Å²) in [6.45, 7) is 0.209. The molecular weight excluding hydrogens is 260 g/mol. The average Bonchev–Trinajstić information content (AvgIpc) is 2.44. The first-order valence-corrected chi connectivity index (χ1v) is 6.79. The van der Waals surface area contributed by atoms with Gasteiger partial charge in [0, 0.05) is 13.7 Å². The van der Waals surface area contributed by atoms with Crippen LogP contribution >= 0.6 is 0 Å². The highest BCUT2D eigenvalue weighted by Gasteiger charge is 2.24. The number of aliphatic hydroxyl groups excluding tert-OH is 1. The quantitative estimate of drug-likeness (QED) is 0.774. The van der Waals surface area contributed by atoms with Crippen LogP contribution in [0.4, 0.5) is 0 Å². The molecule has 0 bridgehead atoms. The predicted octanol–water partition coefficient (Wildman–Crippen LogP) is 1.61. The first-order chi connectivity index (χ1) is 9.65. The highest BCUT2D eigenvalue weighted by Crippen LogP contribution is 2.33. The molecule has 0 heterocycles. The number of hydrogen-bond acceptors (Lipinski definition) is 4. The second-order valence-electron chi connectivity index (χ2n) is 5.04. The fourth-order valence-corrected chi connectivity index (χ4v) is 2.70. The van der Waals surface area contributed by atoms with E-state index in [1.165, 1.54) is 12.7 Å². The Hall–Kier alpha value is -1.59. The van der Waals surface area contributed by atoms with Crippen LogP contribution in [0.3, 0.4) is 0 Å². The number of aliphatic carboxylic acids is 1. The largest absolute Gasteiger partial charge is 0.477 e. The molecule has 0 saturated heterocycles. The van der Waals surface area contributed by atoms with Crippen LogP contribution in [0.1, 0.15) is 24.0 Å². The van der Waals surface area contributed by atoms with E-state index < -0.39 is 12.3 Å². The van der Waals surface area contributed by atoms with Gasteiger partial charge in [-0.3, -0.25) is 0 Å². The summed E-state index contributed by atoms with van der Waals surface area (Å²) in [7, 11) is 1.31. The molecule has 1 aromatic rings. The van der Waals surface area contributed by atoms with Crippen molar-refractivity contribution in [1.29, 1.82) is 0 Å². The molecule has 0 radical (unpaired) electrons. The van der Waals surface area contributed by atoms with Gasteiger partial charge in [0.1, 0.15) is 5.75 Å². The fourth-order valence-electron chi connectivity index (χ4n) is 2.70. The number of carboxylic acid groups (broad SMARTS) is 1. The maximum absolute atomic E-state index is 11.0. The van der Waals surface area contributed by atoms with Crippen LogP contribution in [0.25, 0.3) is 0 Å². The van der Waals surface area contributed by atoms with Gasteiger partial charge < -0.3 is 19.7 Å². The molecule has 2 atom stereocenters. The zero-order valence-electron chi connectivity index (χ0n) is 11.5. The topological polar surface area (TPSA) is 76.0 Å². The van der Waals surface area contributed by atoms with Gasteiger partial charge in [-0.1, -0.05) is 12.1 Å². The minimum absolute atomic E-state index is 0.209.